The Labute approximate surface area is 122 Å². The zero-order chi connectivity index (χ0) is 15.4. The molecule has 21 heavy (non-hydrogen) atoms. The molecule has 2 N–H and O–H groups in total. The molecule has 1 aromatic carbocycles. The molecule has 0 bridgehead atoms. The number of piperazine rings is 1. The fraction of sp³-hybridized carbons (Fsp3) is 0.333. The number of hydrogen-bond donors (Lipinski definition) is 1. The first-order chi connectivity index (χ1) is 10.0. The summed E-state index contributed by atoms with van der Waals surface area (Å²) in [5, 5.41) is 0. The van der Waals surface area contributed by atoms with Crippen molar-refractivity contribution in [2.45, 2.75) is 6.54 Å². The molecule has 0 aliphatic carbocycles. The maximum atomic E-state index is 13.3. The summed E-state index contributed by atoms with van der Waals surface area (Å²) in [4.78, 5) is 26.5. The molecule has 1 aliphatic heterocycles. The van der Waals surface area contributed by atoms with Gasteiger partial charge in [0.2, 0.25) is 11.8 Å². The molecule has 1 heterocycles. The highest BCUT2D eigenvalue weighted by Gasteiger charge is 2.27. The van der Waals surface area contributed by atoms with Gasteiger partial charge in [0.25, 0.3) is 0 Å². The van der Waals surface area contributed by atoms with Crippen molar-refractivity contribution in [2.24, 2.45) is 5.73 Å². The zero-order valence-corrected chi connectivity index (χ0v) is 11.7. The van der Waals surface area contributed by atoms with E-state index < -0.39 is 5.82 Å². The first-order valence-electron chi connectivity index (χ1n) is 6.50. The second-order valence-corrected chi connectivity index (χ2v) is 4.81. The Hall–Kier alpha value is -2.39. The topological polar surface area (TPSA) is 66.6 Å². The van der Waals surface area contributed by atoms with Crippen LogP contribution < -0.4 is 5.73 Å². The highest BCUT2D eigenvalue weighted by atomic mass is 19.1. The fourth-order valence-electron chi connectivity index (χ4n) is 2.06. The Kier molecular flexibility index (Phi) is 4.55. The van der Waals surface area contributed by atoms with E-state index in [1.165, 1.54) is 21.9 Å². The molecule has 1 fully saturated rings. The molecule has 5 nitrogen and oxygen atoms in total. The maximum absolute atomic E-state index is 13.3. The van der Waals surface area contributed by atoms with Crippen molar-refractivity contribution in [3.8, 4) is 11.8 Å². The van der Waals surface area contributed by atoms with Gasteiger partial charge in [0.05, 0.1) is 13.1 Å². The highest BCUT2D eigenvalue weighted by Crippen LogP contribution is 2.15. The number of benzene rings is 1. The van der Waals surface area contributed by atoms with E-state index in [0.717, 1.165) is 0 Å². The smallest absolute Gasteiger partial charge is 0.242 e. The van der Waals surface area contributed by atoms with Crippen molar-refractivity contribution in [2.75, 3.05) is 26.7 Å². The standard InChI is InChI=1S/C15H16FN3O2/c1-18-9-15(21)19(10-14(18)20)8-12-4-5-13(16)7-11(12)3-2-6-17/h4-5,7H,6,8-10,17H2,1H3. The van der Waals surface area contributed by atoms with Gasteiger partial charge in [-0.2, -0.15) is 0 Å². The van der Waals surface area contributed by atoms with E-state index in [1.54, 1.807) is 13.1 Å². The van der Waals surface area contributed by atoms with Crippen LogP contribution in [0, 0.1) is 17.7 Å². The lowest BCUT2D eigenvalue weighted by Gasteiger charge is -2.31. The molecule has 1 aliphatic rings. The van der Waals surface area contributed by atoms with Gasteiger partial charge < -0.3 is 15.5 Å². The normalized spacial score (nSPS) is 15.0. The van der Waals surface area contributed by atoms with Gasteiger partial charge in [-0.25, -0.2) is 4.39 Å². The van der Waals surface area contributed by atoms with Crippen LogP contribution in [0.25, 0.3) is 0 Å². The molecule has 0 aromatic heterocycles. The third kappa shape index (κ3) is 3.58. The number of nitrogens with zero attached hydrogens (tertiary/aromatic N) is 2. The molecular weight excluding hydrogens is 273 g/mol. The Bertz CT molecular complexity index is 634. The number of rotatable bonds is 2. The minimum atomic E-state index is -0.402. The number of carbonyl (C=O) groups is 2. The molecule has 2 rings (SSSR count). The van der Waals surface area contributed by atoms with Crippen molar-refractivity contribution in [1.29, 1.82) is 0 Å². The van der Waals surface area contributed by atoms with Crippen LogP contribution in [-0.2, 0) is 16.1 Å². The summed E-state index contributed by atoms with van der Waals surface area (Å²) in [6, 6.07) is 4.19. The molecule has 2 amide bonds. The minimum Gasteiger partial charge on any atom is -0.335 e. The van der Waals surface area contributed by atoms with E-state index in [4.69, 9.17) is 5.73 Å². The predicted octanol–water partition coefficient (Wildman–Crippen LogP) is -0.0635. The number of hydrogen-bond acceptors (Lipinski definition) is 3. The lowest BCUT2D eigenvalue weighted by molar-refractivity contribution is -0.149. The number of carbonyl (C=O) groups excluding carboxylic acids is 2. The Morgan fingerprint density at radius 1 is 1.29 bits per heavy atom. The predicted molar refractivity (Wildman–Crippen MR) is 75.4 cm³/mol. The summed E-state index contributed by atoms with van der Waals surface area (Å²) in [5.41, 5.74) is 6.51. The van der Waals surface area contributed by atoms with E-state index in [0.29, 0.717) is 11.1 Å². The molecule has 0 radical (unpaired) electrons. The molecule has 110 valence electrons. The second-order valence-electron chi connectivity index (χ2n) is 4.81. The number of halogens is 1. The van der Waals surface area contributed by atoms with Gasteiger partial charge in [-0.05, 0) is 17.7 Å². The molecule has 0 spiro atoms. The molecular formula is C15H16FN3O2. The summed E-state index contributed by atoms with van der Waals surface area (Å²) in [7, 11) is 1.59. The minimum absolute atomic E-state index is 0.0243. The van der Waals surface area contributed by atoms with Crippen LogP contribution in [0.4, 0.5) is 4.39 Å². The van der Waals surface area contributed by atoms with Crippen LogP contribution >= 0.6 is 0 Å². The largest absolute Gasteiger partial charge is 0.335 e. The summed E-state index contributed by atoms with van der Waals surface area (Å²) in [6.45, 7) is 0.482. The SMILES string of the molecule is CN1CC(=O)N(Cc2ccc(F)cc2C#CCN)CC1=O. The lowest BCUT2D eigenvalue weighted by Crippen LogP contribution is -2.51. The summed E-state index contributed by atoms with van der Waals surface area (Å²) < 4.78 is 13.3. The van der Waals surface area contributed by atoms with Crippen molar-refractivity contribution in [3.05, 3.63) is 35.1 Å². The fourth-order valence-corrected chi connectivity index (χ4v) is 2.06. The molecule has 0 saturated carbocycles. The maximum Gasteiger partial charge on any atom is 0.242 e. The Morgan fingerprint density at radius 3 is 2.76 bits per heavy atom. The van der Waals surface area contributed by atoms with Crippen molar-refractivity contribution >= 4 is 11.8 Å². The first kappa shape index (κ1) is 15.0. The van der Waals surface area contributed by atoms with Crippen molar-refractivity contribution in [1.82, 2.24) is 9.80 Å². The van der Waals surface area contributed by atoms with E-state index in [-0.39, 0.29) is 38.0 Å². The van der Waals surface area contributed by atoms with Gasteiger partial charge in [0, 0.05) is 19.2 Å². The number of amides is 2. The number of likely N-dealkylation sites (N-methyl/N-ethyl adjacent to an activating group) is 1. The van der Waals surface area contributed by atoms with E-state index in [2.05, 4.69) is 11.8 Å². The quantitative estimate of drug-likeness (QED) is 0.776. The van der Waals surface area contributed by atoms with Gasteiger partial charge in [0.1, 0.15) is 12.4 Å². The summed E-state index contributed by atoms with van der Waals surface area (Å²) >= 11 is 0. The van der Waals surface area contributed by atoms with Gasteiger partial charge in [-0.3, -0.25) is 9.59 Å². The molecule has 0 unspecified atom stereocenters. The molecule has 0 atom stereocenters. The molecule has 1 aromatic rings. The van der Waals surface area contributed by atoms with Crippen LogP contribution in [0.2, 0.25) is 0 Å². The second kappa shape index (κ2) is 6.37. The van der Waals surface area contributed by atoms with Crippen molar-refractivity contribution in [3.63, 3.8) is 0 Å². The lowest BCUT2D eigenvalue weighted by atomic mass is 10.1. The van der Waals surface area contributed by atoms with Crippen molar-refractivity contribution < 1.29 is 14.0 Å². The first-order valence-corrected chi connectivity index (χ1v) is 6.50. The monoisotopic (exact) mass is 289 g/mol. The van der Waals surface area contributed by atoms with Crippen LogP contribution in [-0.4, -0.2) is 48.3 Å². The summed E-state index contributed by atoms with van der Waals surface area (Å²) in [6.07, 6.45) is 0. The third-order valence-corrected chi connectivity index (χ3v) is 3.24. The van der Waals surface area contributed by atoms with Gasteiger partial charge >= 0.3 is 0 Å². The van der Waals surface area contributed by atoms with E-state index in [9.17, 15) is 14.0 Å². The van der Waals surface area contributed by atoms with E-state index in [1.807, 2.05) is 0 Å². The number of nitrogens with two attached hydrogens (primary N) is 1. The summed E-state index contributed by atoms with van der Waals surface area (Å²) in [5.74, 6) is 4.80. The average Bonchev–Trinajstić information content (AvgIpc) is 2.44. The molecule has 1 saturated heterocycles. The van der Waals surface area contributed by atoms with E-state index >= 15 is 0 Å². The van der Waals surface area contributed by atoms with Gasteiger partial charge in [-0.15, -0.1) is 0 Å². The average molecular weight is 289 g/mol. The van der Waals surface area contributed by atoms with Crippen LogP contribution in [0.3, 0.4) is 0 Å². The van der Waals surface area contributed by atoms with Crippen LogP contribution in [0.1, 0.15) is 11.1 Å². The van der Waals surface area contributed by atoms with Gasteiger partial charge in [0.15, 0.2) is 0 Å². The Morgan fingerprint density at radius 2 is 2.05 bits per heavy atom. The Balaban J connectivity index is 2.23. The van der Waals surface area contributed by atoms with Crippen LogP contribution in [0.5, 0.6) is 0 Å². The van der Waals surface area contributed by atoms with Gasteiger partial charge in [-0.1, -0.05) is 17.9 Å². The van der Waals surface area contributed by atoms with Crippen LogP contribution in [0.15, 0.2) is 18.2 Å². The molecule has 6 heteroatoms. The highest BCUT2D eigenvalue weighted by molar-refractivity contribution is 5.92. The zero-order valence-electron chi connectivity index (χ0n) is 11.7. The third-order valence-electron chi connectivity index (χ3n) is 3.24.